The smallest absolute Gasteiger partial charge is 0.124 e. The zero-order valence-electron chi connectivity index (χ0n) is 9.23. The van der Waals surface area contributed by atoms with Crippen LogP contribution in [0.4, 0.5) is 4.39 Å². The first kappa shape index (κ1) is 11.9. The largest absolute Gasteiger partial charge is 0.392 e. The fraction of sp³-hybridized carbons (Fsp3) is 0.538. The Morgan fingerprint density at radius 1 is 1.19 bits per heavy atom. The first-order chi connectivity index (χ1) is 7.75. The summed E-state index contributed by atoms with van der Waals surface area (Å²) in [6.07, 6.45) is 5.16. The Morgan fingerprint density at radius 2 is 2.00 bits per heavy atom. The van der Waals surface area contributed by atoms with E-state index in [1.54, 1.807) is 23.9 Å². The Hall–Kier alpha value is -0.540. The predicted octanol–water partition coefficient (Wildman–Crippen LogP) is 3.61. The van der Waals surface area contributed by atoms with Crippen LogP contribution in [0.25, 0.3) is 0 Å². The second-order valence-corrected chi connectivity index (χ2v) is 5.63. The first-order valence-corrected chi connectivity index (χ1v) is 6.74. The number of halogens is 1. The molecule has 88 valence electrons. The fourth-order valence-electron chi connectivity index (χ4n) is 2.11. The van der Waals surface area contributed by atoms with Crippen molar-refractivity contribution in [2.75, 3.05) is 0 Å². The van der Waals surface area contributed by atoms with E-state index in [0.29, 0.717) is 0 Å². The molecule has 1 aromatic rings. The van der Waals surface area contributed by atoms with Gasteiger partial charge in [0, 0.05) is 10.1 Å². The molecule has 0 radical (unpaired) electrons. The van der Waals surface area contributed by atoms with Gasteiger partial charge in [-0.3, -0.25) is 0 Å². The van der Waals surface area contributed by atoms with Crippen LogP contribution in [0, 0.1) is 5.82 Å². The quantitative estimate of drug-likeness (QED) is 0.797. The highest BCUT2D eigenvalue weighted by atomic mass is 32.2. The molecule has 0 heterocycles. The summed E-state index contributed by atoms with van der Waals surface area (Å²) in [5.41, 5.74) is 0. The molecular weight excluding hydrogens is 223 g/mol. The van der Waals surface area contributed by atoms with Crippen molar-refractivity contribution >= 4 is 11.8 Å². The molecule has 1 saturated carbocycles. The first-order valence-electron chi connectivity index (χ1n) is 5.86. The van der Waals surface area contributed by atoms with Gasteiger partial charge in [0.1, 0.15) is 5.82 Å². The minimum atomic E-state index is -0.240. The summed E-state index contributed by atoms with van der Waals surface area (Å²) < 4.78 is 13.0. The Morgan fingerprint density at radius 3 is 2.81 bits per heavy atom. The maximum atomic E-state index is 13.0. The van der Waals surface area contributed by atoms with Gasteiger partial charge in [-0.1, -0.05) is 25.3 Å². The van der Waals surface area contributed by atoms with Gasteiger partial charge in [0.25, 0.3) is 0 Å². The second kappa shape index (κ2) is 5.69. The average molecular weight is 240 g/mol. The lowest BCUT2D eigenvalue weighted by molar-refractivity contribution is 0.163. The lowest BCUT2D eigenvalue weighted by atomic mass is 10.1. The van der Waals surface area contributed by atoms with Crippen molar-refractivity contribution in [1.82, 2.24) is 0 Å². The highest BCUT2D eigenvalue weighted by Crippen LogP contribution is 2.33. The molecule has 2 atom stereocenters. The van der Waals surface area contributed by atoms with Gasteiger partial charge in [-0.15, -0.1) is 11.8 Å². The molecule has 16 heavy (non-hydrogen) atoms. The van der Waals surface area contributed by atoms with Gasteiger partial charge in [-0.2, -0.15) is 0 Å². The summed E-state index contributed by atoms with van der Waals surface area (Å²) in [5.74, 6) is -0.201. The van der Waals surface area contributed by atoms with Crippen molar-refractivity contribution in [3.63, 3.8) is 0 Å². The molecule has 0 aromatic heterocycles. The van der Waals surface area contributed by atoms with Crippen LogP contribution in [0.15, 0.2) is 29.2 Å². The summed E-state index contributed by atoms with van der Waals surface area (Å²) >= 11 is 1.61. The number of hydrogen-bond acceptors (Lipinski definition) is 2. The lowest BCUT2D eigenvalue weighted by Crippen LogP contribution is -2.21. The number of aliphatic hydroxyl groups is 1. The molecule has 1 aromatic carbocycles. The molecule has 1 aliphatic carbocycles. The zero-order valence-corrected chi connectivity index (χ0v) is 10.0. The van der Waals surface area contributed by atoms with Crippen LogP contribution in [0.1, 0.15) is 32.1 Å². The van der Waals surface area contributed by atoms with Gasteiger partial charge in [0.05, 0.1) is 6.10 Å². The standard InChI is InChI=1S/C13H17FOS/c14-10-5-4-6-11(9-10)16-13-8-3-1-2-7-12(13)15/h4-6,9,12-13,15H,1-3,7-8H2. The molecule has 0 aliphatic heterocycles. The number of rotatable bonds is 2. The fourth-order valence-corrected chi connectivity index (χ4v) is 3.37. The summed E-state index contributed by atoms with van der Waals surface area (Å²) in [6, 6.07) is 6.63. The molecule has 2 rings (SSSR count). The molecule has 0 spiro atoms. The zero-order chi connectivity index (χ0) is 11.4. The van der Waals surface area contributed by atoms with Crippen LogP contribution >= 0.6 is 11.8 Å². The summed E-state index contributed by atoms with van der Waals surface area (Å²) in [4.78, 5) is 0.922. The minimum Gasteiger partial charge on any atom is -0.392 e. The SMILES string of the molecule is OC1CCCCCC1Sc1cccc(F)c1. The Balaban J connectivity index is 2.02. The van der Waals surface area contributed by atoms with Crippen LogP contribution in [0.3, 0.4) is 0 Å². The van der Waals surface area contributed by atoms with E-state index >= 15 is 0 Å². The minimum absolute atomic E-state index is 0.201. The van der Waals surface area contributed by atoms with Crippen molar-refractivity contribution in [2.45, 2.75) is 48.4 Å². The van der Waals surface area contributed by atoms with E-state index in [4.69, 9.17) is 0 Å². The molecule has 1 fully saturated rings. The van der Waals surface area contributed by atoms with Gasteiger partial charge in [0.15, 0.2) is 0 Å². The molecule has 0 amide bonds. The number of aliphatic hydroxyl groups excluding tert-OH is 1. The third-order valence-corrected chi connectivity index (χ3v) is 4.38. The van der Waals surface area contributed by atoms with Crippen molar-refractivity contribution in [1.29, 1.82) is 0 Å². The third kappa shape index (κ3) is 3.22. The summed E-state index contributed by atoms with van der Waals surface area (Å²) in [5, 5.41) is 10.2. The van der Waals surface area contributed by atoms with E-state index in [1.165, 1.54) is 18.9 Å². The van der Waals surface area contributed by atoms with Crippen molar-refractivity contribution in [3.8, 4) is 0 Å². The van der Waals surface area contributed by atoms with E-state index in [-0.39, 0.29) is 17.2 Å². The normalized spacial score (nSPS) is 26.4. The second-order valence-electron chi connectivity index (χ2n) is 4.32. The predicted molar refractivity (Wildman–Crippen MR) is 65.1 cm³/mol. The van der Waals surface area contributed by atoms with Gasteiger partial charge in [-0.25, -0.2) is 4.39 Å². The van der Waals surface area contributed by atoms with E-state index in [1.807, 2.05) is 6.07 Å². The van der Waals surface area contributed by atoms with Gasteiger partial charge >= 0.3 is 0 Å². The van der Waals surface area contributed by atoms with Crippen molar-refractivity contribution < 1.29 is 9.50 Å². The highest BCUT2D eigenvalue weighted by molar-refractivity contribution is 8.00. The topological polar surface area (TPSA) is 20.2 Å². The van der Waals surface area contributed by atoms with Crippen LogP contribution in [-0.2, 0) is 0 Å². The van der Waals surface area contributed by atoms with E-state index in [2.05, 4.69) is 0 Å². The summed E-state index contributed by atoms with van der Waals surface area (Å²) in [6.45, 7) is 0. The Kier molecular flexibility index (Phi) is 4.24. The lowest BCUT2D eigenvalue weighted by Gasteiger charge is -2.19. The Labute approximate surface area is 100 Å². The molecule has 0 saturated heterocycles. The maximum Gasteiger partial charge on any atom is 0.124 e. The number of thioether (sulfide) groups is 1. The van der Waals surface area contributed by atoms with E-state index in [0.717, 1.165) is 24.2 Å². The molecule has 3 heteroatoms. The van der Waals surface area contributed by atoms with Gasteiger partial charge in [0.2, 0.25) is 0 Å². The van der Waals surface area contributed by atoms with Crippen LogP contribution < -0.4 is 0 Å². The van der Waals surface area contributed by atoms with E-state index < -0.39 is 0 Å². The Bertz CT molecular complexity index is 342. The van der Waals surface area contributed by atoms with Gasteiger partial charge < -0.3 is 5.11 Å². The van der Waals surface area contributed by atoms with Crippen molar-refractivity contribution in [2.24, 2.45) is 0 Å². The third-order valence-electron chi connectivity index (χ3n) is 3.00. The van der Waals surface area contributed by atoms with Crippen LogP contribution in [0.5, 0.6) is 0 Å². The highest BCUT2D eigenvalue weighted by Gasteiger charge is 2.22. The van der Waals surface area contributed by atoms with Crippen LogP contribution in [-0.4, -0.2) is 16.5 Å². The molecule has 1 nitrogen and oxygen atoms in total. The van der Waals surface area contributed by atoms with Gasteiger partial charge in [-0.05, 0) is 31.0 Å². The molecular formula is C13H17FOS. The average Bonchev–Trinajstić information content (AvgIpc) is 2.45. The number of benzene rings is 1. The monoisotopic (exact) mass is 240 g/mol. The van der Waals surface area contributed by atoms with Crippen LogP contribution in [0.2, 0.25) is 0 Å². The van der Waals surface area contributed by atoms with Crippen molar-refractivity contribution in [3.05, 3.63) is 30.1 Å². The maximum absolute atomic E-state index is 13.0. The molecule has 2 unspecified atom stereocenters. The summed E-state index contributed by atoms with van der Waals surface area (Å²) in [7, 11) is 0. The molecule has 0 bridgehead atoms. The number of hydrogen-bond donors (Lipinski definition) is 1. The molecule has 1 aliphatic rings. The van der Waals surface area contributed by atoms with E-state index in [9.17, 15) is 9.50 Å². The molecule has 1 N–H and O–H groups in total.